The van der Waals surface area contributed by atoms with Crippen LogP contribution in [0.15, 0.2) is 16.8 Å². The van der Waals surface area contributed by atoms with Gasteiger partial charge in [-0.05, 0) is 34.7 Å². The van der Waals surface area contributed by atoms with Crippen LogP contribution in [0.1, 0.15) is 50.2 Å². The van der Waals surface area contributed by atoms with Crippen LogP contribution in [-0.4, -0.2) is 19.6 Å². The van der Waals surface area contributed by atoms with Crippen LogP contribution in [0.5, 0.6) is 0 Å². The second kappa shape index (κ2) is 7.65. The van der Waals surface area contributed by atoms with Crippen LogP contribution >= 0.6 is 11.3 Å². The van der Waals surface area contributed by atoms with Crippen molar-refractivity contribution < 1.29 is 9.53 Å². The molecule has 1 amide bonds. The van der Waals surface area contributed by atoms with E-state index in [0.29, 0.717) is 13.0 Å². The van der Waals surface area contributed by atoms with Crippen LogP contribution in [-0.2, 0) is 9.53 Å². The van der Waals surface area contributed by atoms with E-state index < -0.39 is 0 Å². The fraction of sp³-hybridized carbons (Fsp3) is 0.667. The van der Waals surface area contributed by atoms with Gasteiger partial charge >= 0.3 is 0 Å². The van der Waals surface area contributed by atoms with Crippen LogP contribution < -0.4 is 5.32 Å². The van der Waals surface area contributed by atoms with Gasteiger partial charge in [0.25, 0.3) is 0 Å². The summed E-state index contributed by atoms with van der Waals surface area (Å²) in [6.07, 6.45) is 6.98. The molecule has 1 atom stereocenters. The lowest BCUT2D eigenvalue weighted by molar-refractivity contribution is -0.122. The SMILES string of the molecule is COC(CNC(=O)CCC1CCCC1)c1ccsc1. The monoisotopic (exact) mass is 281 g/mol. The summed E-state index contributed by atoms with van der Waals surface area (Å²) in [5.41, 5.74) is 1.14. The van der Waals surface area contributed by atoms with Gasteiger partial charge in [-0.2, -0.15) is 11.3 Å². The third-order valence-electron chi connectivity index (χ3n) is 3.94. The van der Waals surface area contributed by atoms with Crippen LogP contribution in [0.4, 0.5) is 0 Å². The molecule has 106 valence electrons. The minimum absolute atomic E-state index is 0.0262. The summed E-state index contributed by atoms with van der Waals surface area (Å²) in [6.45, 7) is 0.566. The second-order valence-electron chi connectivity index (χ2n) is 5.27. The van der Waals surface area contributed by atoms with E-state index in [1.54, 1.807) is 18.4 Å². The Balaban J connectivity index is 1.67. The highest BCUT2D eigenvalue weighted by Gasteiger charge is 2.17. The number of amides is 1. The molecule has 2 rings (SSSR count). The number of carbonyl (C=O) groups is 1. The Morgan fingerprint density at radius 2 is 2.32 bits per heavy atom. The average Bonchev–Trinajstić information content (AvgIpc) is 3.10. The molecule has 4 heteroatoms. The van der Waals surface area contributed by atoms with Crippen molar-refractivity contribution in [3.8, 4) is 0 Å². The minimum Gasteiger partial charge on any atom is -0.375 e. The molecule has 3 nitrogen and oxygen atoms in total. The molecule has 1 aromatic rings. The number of carbonyl (C=O) groups excluding carboxylic acids is 1. The van der Waals surface area contributed by atoms with Gasteiger partial charge in [-0.25, -0.2) is 0 Å². The molecule has 0 saturated heterocycles. The van der Waals surface area contributed by atoms with E-state index in [9.17, 15) is 4.79 Å². The van der Waals surface area contributed by atoms with Gasteiger partial charge in [0.2, 0.25) is 5.91 Å². The maximum Gasteiger partial charge on any atom is 0.220 e. The number of hydrogen-bond donors (Lipinski definition) is 1. The zero-order chi connectivity index (χ0) is 13.5. The Kier molecular flexibility index (Phi) is 5.86. The van der Waals surface area contributed by atoms with E-state index >= 15 is 0 Å². The molecule has 0 aliphatic heterocycles. The van der Waals surface area contributed by atoms with Crippen molar-refractivity contribution in [3.05, 3.63) is 22.4 Å². The van der Waals surface area contributed by atoms with E-state index in [4.69, 9.17) is 4.74 Å². The van der Waals surface area contributed by atoms with Gasteiger partial charge in [0.15, 0.2) is 0 Å². The summed E-state index contributed by atoms with van der Waals surface area (Å²) in [4.78, 5) is 11.8. The lowest BCUT2D eigenvalue weighted by Crippen LogP contribution is -2.29. The summed E-state index contributed by atoms with van der Waals surface area (Å²) in [7, 11) is 1.69. The van der Waals surface area contributed by atoms with Crippen molar-refractivity contribution in [2.75, 3.05) is 13.7 Å². The summed E-state index contributed by atoms with van der Waals surface area (Å²) >= 11 is 1.65. The van der Waals surface area contributed by atoms with Crippen LogP contribution in [0.2, 0.25) is 0 Å². The molecule has 1 unspecified atom stereocenters. The molecule has 1 fully saturated rings. The second-order valence-corrected chi connectivity index (χ2v) is 6.05. The van der Waals surface area contributed by atoms with Gasteiger partial charge in [0.05, 0.1) is 0 Å². The number of thiophene rings is 1. The van der Waals surface area contributed by atoms with Crippen molar-refractivity contribution in [3.63, 3.8) is 0 Å². The molecule has 1 saturated carbocycles. The summed E-state index contributed by atoms with van der Waals surface area (Å²) < 4.78 is 5.41. The zero-order valence-corrected chi connectivity index (χ0v) is 12.4. The number of methoxy groups -OCH3 is 1. The quantitative estimate of drug-likeness (QED) is 0.830. The van der Waals surface area contributed by atoms with Gasteiger partial charge in [-0.3, -0.25) is 4.79 Å². The van der Waals surface area contributed by atoms with E-state index in [1.165, 1.54) is 25.7 Å². The van der Waals surface area contributed by atoms with Gasteiger partial charge in [0, 0.05) is 20.1 Å². The lowest BCUT2D eigenvalue weighted by atomic mass is 10.0. The maximum absolute atomic E-state index is 11.8. The molecule has 0 aromatic carbocycles. The van der Waals surface area contributed by atoms with E-state index in [-0.39, 0.29) is 12.0 Å². The lowest BCUT2D eigenvalue weighted by Gasteiger charge is -2.15. The number of rotatable bonds is 7. The number of nitrogens with one attached hydrogen (secondary N) is 1. The molecule has 1 aromatic heterocycles. The van der Waals surface area contributed by atoms with Crippen LogP contribution in [0.3, 0.4) is 0 Å². The van der Waals surface area contributed by atoms with Crippen molar-refractivity contribution >= 4 is 17.2 Å². The molecule has 0 spiro atoms. The van der Waals surface area contributed by atoms with Crippen molar-refractivity contribution in [2.24, 2.45) is 5.92 Å². The first-order valence-electron chi connectivity index (χ1n) is 7.11. The van der Waals surface area contributed by atoms with Crippen LogP contribution in [0, 0.1) is 5.92 Å². The van der Waals surface area contributed by atoms with E-state index in [2.05, 4.69) is 10.7 Å². The topological polar surface area (TPSA) is 38.3 Å². The first-order chi connectivity index (χ1) is 9.29. The van der Waals surface area contributed by atoms with E-state index in [0.717, 1.165) is 17.9 Å². The third-order valence-corrected chi connectivity index (χ3v) is 4.64. The van der Waals surface area contributed by atoms with Gasteiger partial charge in [0.1, 0.15) is 6.10 Å². The Morgan fingerprint density at radius 1 is 1.53 bits per heavy atom. The molecule has 0 bridgehead atoms. The Bertz CT molecular complexity index is 372. The Morgan fingerprint density at radius 3 is 2.95 bits per heavy atom. The predicted molar refractivity (Wildman–Crippen MR) is 78.3 cm³/mol. The molecule has 0 radical (unpaired) electrons. The van der Waals surface area contributed by atoms with Crippen molar-refractivity contribution in [1.82, 2.24) is 5.32 Å². The van der Waals surface area contributed by atoms with Gasteiger partial charge < -0.3 is 10.1 Å². The molecular formula is C15H23NO2S. The fourth-order valence-corrected chi connectivity index (χ4v) is 3.43. The predicted octanol–water partition coefficient (Wildman–Crippen LogP) is 3.52. The number of ether oxygens (including phenoxy) is 1. The van der Waals surface area contributed by atoms with Crippen molar-refractivity contribution in [1.29, 1.82) is 0 Å². The smallest absolute Gasteiger partial charge is 0.220 e. The number of hydrogen-bond acceptors (Lipinski definition) is 3. The van der Waals surface area contributed by atoms with Gasteiger partial charge in [-0.15, -0.1) is 0 Å². The van der Waals surface area contributed by atoms with Crippen molar-refractivity contribution in [2.45, 2.75) is 44.6 Å². The van der Waals surface area contributed by atoms with E-state index in [1.807, 2.05) is 11.4 Å². The fourth-order valence-electron chi connectivity index (χ4n) is 2.72. The first-order valence-corrected chi connectivity index (χ1v) is 8.05. The minimum atomic E-state index is -0.0262. The first kappa shape index (κ1) is 14.5. The molecule has 19 heavy (non-hydrogen) atoms. The molecule has 1 heterocycles. The standard InChI is InChI=1S/C15H23NO2S/c1-18-14(13-8-9-19-11-13)10-16-15(17)7-6-12-4-2-3-5-12/h8-9,11-12,14H,2-7,10H2,1H3,(H,16,17). The Labute approximate surface area is 119 Å². The normalized spacial score (nSPS) is 17.5. The average molecular weight is 281 g/mol. The zero-order valence-electron chi connectivity index (χ0n) is 11.6. The summed E-state index contributed by atoms with van der Waals surface area (Å²) in [5.74, 6) is 0.935. The third kappa shape index (κ3) is 4.62. The Hall–Kier alpha value is -0.870. The molecule has 1 N–H and O–H groups in total. The summed E-state index contributed by atoms with van der Waals surface area (Å²) in [6, 6.07) is 2.05. The summed E-state index contributed by atoms with van der Waals surface area (Å²) in [5, 5.41) is 7.09. The highest BCUT2D eigenvalue weighted by molar-refractivity contribution is 7.07. The molecular weight excluding hydrogens is 258 g/mol. The highest BCUT2D eigenvalue weighted by atomic mass is 32.1. The van der Waals surface area contributed by atoms with Crippen LogP contribution in [0.25, 0.3) is 0 Å². The molecule has 1 aliphatic rings. The highest BCUT2D eigenvalue weighted by Crippen LogP contribution is 2.28. The van der Waals surface area contributed by atoms with Gasteiger partial charge in [-0.1, -0.05) is 25.7 Å². The maximum atomic E-state index is 11.8. The largest absolute Gasteiger partial charge is 0.375 e. The molecule has 1 aliphatic carbocycles.